The van der Waals surface area contributed by atoms with E-state index < -0.39 is 0 Å². The molecule has 0 amide bonds. The second kappa shape index (κ2) is 13.8. The SMILES string of the molecule is C=C1N2CCCCC2C(=N/C)/C=C(C)/N=C(C2CNC2)\C=C(/C)N(C)CCCCCCC1(C)c1ccc(C)cc1. The average molecular weight is 544 g/mol. The highest BCUT2D eigenvalue weighted by Crippen LogP contribution is 2.41. The van der Waals surface area contributed by atoms with Crippen molar-refractivity contribution in [3.63, 3.8) is 0 Å². The summed E-state index contributed by atoms with van der Waals surface area (Å²) < 4.78 is 0. The molecule has 0 spiro atoms. The van der Waals surface area contributed by atoms with Crippen LogP contribution in [-0.2, 0) is 5.41 Å². The molecule has 0 saturated carbocycles. The van der Waals surface area contributed by atoms with Gasteiger partial charge in [0.1, 0.15) is 0 Å². The lowest BCUT2D eigenvalue weighted by Gasteiger charge is -2.46. The number of allylic oxidation sites excluding steroid dienone is 4. The van der Waals surface area contributed by atoms with Crippen LogP contribution in [0.2, 0.25) is 0 Å². The van der Waals surface area contributed by atoms with Crippen LogP contribution in [0.15, 0.2) is 70.1 Å². The maximum absolute atomic E-state index is 5.20. The van der Waals surface area contributed by atoms with Crippen molar-refractivity contribution >= 4 is 11.4 Å². The molecule has 3 aliphatic rings. The molecule has 0 bridgehead atoms. The van der Waals surface area contributed by atoms with Crippen molar-refractivity contribution in [2.45, 2.75) is 90.5 Å². The summed E-state index contributed by atoms with van der Waals surface area (Å²) >= 11 is 0. The summed E-state index contributed by atoms with van der Waals surface area (Å²) in [6.45, 7) is 17.9. The maximum atomic E-state index is 5.20. The standard InChI is InChI=1S/C35H53N5/c1-26-15-17-31(18-16-26)35(5)19-11-8-9-12-20-39(7)28(3)23-32(30-24-37-25-30)38-27(2)22-33(36-6)34-14-10-13-21-40(34)29(35)4/h15-18,22-23,30,34,37H,4,8-14,19-21,24-25H2,1-3,5-7H3/b27-22+,28-23+,36-33+,38-32+. The molecule has 1 N–H and O–H groups in total. The third kappa shape index (κ3) is 7.15. The predicted octanol–water partition coefficient (Wildman–Crippen LogP) is 7.06. The number of nitrogens with zero attached hydrogens (tertiary/aromatic N) is 4. The summed E-state index contributed by atoms with van der Waals surface area (Å²) in [4.78, 5) is 15.1. The van der Waals surface area contributed by atoms with E-state index in [1.54, 1.807) is 0 Å². The highest BCUT2D eigenvalue weighted by molar-refractivity contribution is 6.02. The summed E-state index contributed by atoms with van der Waals surface area (Å²) in [5, 5.41) is 3.43. The molecule has 0 aromatic heterocycles. The van der Waals surface area contributed by atoms with Gasteiger partial charge in [0.15, 0.2) is 0 Å². The Labute approximate surface area is 244 Å². The Morgan fingerprint density at radius 1 is 0.950 bits per heavy atom. The van der Waals surface area contributed by atoms with Gasteiger partial charge in [-0.2, -0.15) is 0 Å². The van der Waals surface area contributed by atoms with E-state index >= 15 is 0 Å². The lowest BCUT2D eigenvalue weighted by Crippen LogP contribution is -2.48. The number of rotatable bonds is 2. The smallest absolute Gasteiger partial charge is 0.0707 e. The summed E-state index contributed by atoms with van der Waals surface area (Å²) in [7, 11) is 4.17. The predicted molar refractivity (Wildman–Crippen MR) is 172 cm³/mol. The number of aryl methyl sites for hydroxylation is 1. The Bertz CT molecular complexity index is 1140. The van der Waals surface area contributed by atoms with Crippen LogP contribution in [0.1, 0.15) is 83.3 Å². The molecule has 5 heteroatoms. The van der Waals surface area contributed by atoms with Gasteiger partial charge in [0.2, 0.25) is 0 Å². The number of hydrogen-bond donors (Lipinski definition) is 1. The lowest BCUT2D eigenvalue weighted by atomic mass is 9.74. The molecule has 40 heavy (non-hydrogen) atoms. The third-order valence-electron chi connectivity index (χ3n) is 9.52. The molecule has 3 heterocycles. The van der Waals surface area contributed by atoms with E-state index in [1.165, 1.54) is 66.8 Å². The fourth-order valence-corrected chi connectivity index (χ4v) is 6.44. The first kappa shape index (κ1) is 30.3. The van der Waals surface area contributed by atoms with Crippen molar-refractivity contribution in [2.24, 2.45) is 15.9 Å². The van der Waals surface area contributed by atoms with Crippen molar-refractivity contribution in [2.75, 3.05) is 40.3 Å². The Morgan fingerprint density at radius 3 is 2.33 bits per heavy atom. The van der Waals surface area contributed by atoms with Crippen LogP contribution >= 0.6 is 0 Å². The first-order chi connectivity index (χ1) is 19.2. The highest BCUT2D eigenvalue weighted by Gasteiger charge is 2.37. The van der Waals surface area contributed by atoms with E-state index in [4.69, 9.17) is 16.6 Å². The second-order valence-electron chi connectivity index (χ2n) is 12.5. The topological polar surface area (TPSA) is 43.2 Å². The number of fused-ring (bicyclic) bond motifs is 1. The van der Waals surface area contributed by atoms with Gasteiger partial charge in [-0.3, -0.25) is 9.98 Å². The van der Waals surface area contributed by atoms with Gasteiger partial charge in [0.25, 0.3) is 0 Å². The molecule has 218 valence electrons. The van der Waals surface area contributed by atoms with Crippen molar-refractivity contribution in [3.05, 3.63) is 71.2 Å². The third-order valence-corrected chi connectivity index (χ3v) is 9.52. The molecule has 2 unspecified atom stereocenters. The van der Waals surface area contributed by atoms with Gasteiger partial charge in [0.05, 0.1) is 11.8 Å². The van der Waals surface area contributed by atoms with E-state index in [1.807, 2.05) is 7.05 Å². The first-order valence-corrected chi connectivity index (χ1v) is 15.6. The molecule has 5 nitrogen and oxygen atoms in total. The molecule has 3 aliphatic heterocycles. The van der Waals surface area contributed by atoms with Gasteiger partial charge < -0.3 is 15.1 Å². The number of aliphatic imine (C=N–C) groups is 2. The Balaban J connectivity index is 1.74. The molecule has 2 saturated heterocycles. The molecule has 1 aromatic carbocycles. The minimum absolute atomic E-state index is 0.106. The van der Waals surface area contributed by atoms with Gasteiger partial charge in [0, 0.05) is 74.4 Å². The fourth-order valence-electron chi connectivity index (χ4n) is 6.44. The minimum Gasteiger partial charge on any atom is -0.378 e. The summed E-state index contributed by atoms with van der Waals surface area (Å²) in [6, 6.07) is 9.42. The molecular weight excluding hydrogens is 490 g/mol. The summed E-state index contributed by atoms with van der Waals surface area (Å²) in [5.41, 5.74) is 8.47. The molecule has 0 radical (unpaired) electrons. The number of benzene rings is 1. The molecule has 2 fully saturated rings. The zero-order chi connectivity index (χ0) is 28.7. The van der Waals surface area contributed by atoms with Gasteiger partial charge in [-0.15, -0.1) is 0 Å². The van der Waals surface area contributed by atoms with Crippen molar-refractivity contribution in [3.8, 4) is 0 Å². The fraction of sp³-hybridized carbons (Fsp3) is 0.600. The van der Waals surface area contributed by atoms with E-state index in [-0.39, 0.29) is 11.5 Å². The molecule has 1 aromatic rings. The van der Waals surface area contributed by atoms with Crippen molar-refractivity contribution < 1.29 is 0 Å². The van der Waals surface area contributed by atoms with Crippen LogP contribution in [0.5, 0.6) is 0 Å². The monoisotopic (exact) mass is 543 g/mol. The number of piperidine rings is 1. The van der Waals surface area contributed by atoms with E-state index in [9.17, 15) is 0 Å². The molecule has 0 aliphatic carbocycles. The minimum atomic E-state index is -0.106. The quantitative estimate of drug-likeness (QED) is 0.434. The molecule has 4 rings (SSSR count). The first-order valence-electron chi connectivity index (χ1n) is 15.6. The van der Waals surface area contributed by atoms with Gasteiger partial charge >= 0.3 is 0 Å². The van der Waals surface area contributed by atoms with E-state index in [0.717, 1.165) is 50.4 Å². The number of nitrogens with one attached hydrogen (secondary N) is 1. The number of hydrogen-bond acceptors (Lipinski definition) is 5. The Hall–Kier alpha value is -2.66. The zero-order valence-electron chi connectivity index (χ0n) is 26.1. The Kier molecular flexibility index (Phi) is 10.5. The van der Waals surface area contributed by atoms with E-state index in [0.29, 0.717) is 5.92 Å². The Morgan fingerprint density at radius 2 is 1.65 bits per heavy atom. The molecule has 2 atom stereocenters. The van der Waals surface area contributed by atoms with Crippen LogP contribution in [0.4, 0.5) is 0 Å². The van der Waals surface area contributed by atoms with E-state index in [2.05, 4.69) is 86.3 Å². The summed E-state index contributed by atoms with van der Waals surface area (Å²) in [5.74, 6) is 0.473. The van der Waals surface area contributed by atoms with Crippen LogP contribution in [0.3, 0.4) is 0 Å². The second-order valence-corrected chi connectivity index (χ2v) is 12.5. The van der Waals surface area contributed by atoms with Crippen LogP contribution in [0.25, 0.3) is 0 Å². The normalized spacial score (nSPS) is 31.6. The van der Waals surface area contributed by atoms with Crippen LogP contribution in [0, 0.1) is 12.8 Å². The van der Waals surface area contributed by atoms with Crippen molar-refractivity contribution in [1.82, 2.24) is 15.1 Å². The average Bonchev–Trinajstić information content (AvgIpc) is 2.91. The molecular formula is C35H53N5. The lowest BCUT2D eigenvalue weighted by molar-refractivity contribution is 0.206. The zero-order valence-corrected chi connectivity index (χ0v) is 26.1. The summed E-state index contributed by atoms with van der Waals surface area (Å²) in [6.07, 6.45) is 14.1. The van der Waals surface area contributed by atoms with Gasteiger partial charge in [-0.25, -0.2) is 0 Å². The maximum Gasteiger partial charge on any atom is 0.0707 e. The van der Waals surface area contributed by atoms with Gasteiger partial charge in [-0.1, -0.05) is 62.6 Å². The van der Waals surface area contributed by atoms with Crippen LogP contribution < -0.4 is 5.32 Å². The largest absolute Gasteiger partial charge is 0.378 e. The van der Waals surface area contributed by atoms with Gasteiger partial charge in [-0.05, 0) is 70.6 Å². The van der Waals surface area contributed by atoms with Crippen LogP contribution in [-0.4, -0.2) is 67.5 Å². The van der Waals surface area contributed by atoms with Crippen molar-refractivity contribution in [1.29, 1.82) is 0 Å². The highest BCUT2D eigenvalue weighted by atomic mass is 15.2.